The fourth-order valence-corrected chi connectivity index (χ4v) is 3.46. The van der Waals surface area contributed by atoms with Crippen molar-refractivity contribution in [3.63, 3.8) is 0 Å². The molecule has 1 aromatic carbocycles. The summed E-state index contributed by atoms with van der Waals surface area (Å²) in [6.45, 7) is 0. The molecular formula is C14H20N2O2S. The maximum Gasteiger partial charge on any atom is 0.255 e. The summed E-state index contributed by atoms with van der Waals surface area (Å²) in [4.78, 5) is 12.3. The fourth-order valence-electron chi connectivity index (χ4n) is 2.52. The van der Waals surface area contributed by atoms with Gasteiger partial charge < -0.3 is 15.8 Å². The number of nitrogens with one attached hydrogen (secondary N) is 1. The number of benzene rings is 1. The van der Waals surface area contributed by atoms with E-state index in [1.54, 1.807) is 25.3 Å². The van der Waals surface area contributed by atoms with Crippen molar-refractivity contribution in [1.29, 1.82) is 0 Å². The lowest BCUT2D eigenvalue weighted by Crippen LogP contribution is -2.38. The van der Waals surface area contributed by atoms with Gasteiger partial charge in [0.2, 0.25) is 0 Å². The van der Waals surface area contributed by atoms with Gasteiger partial charge in [0.15, 0.2) is 0 Å². The second kappa shape index (κ2) is 6.19. The van der Waals surface area contributed by atoms with Gasteiger partial charge in [-0.25, -0.2) is 0 Å². The molecule has 4 nitrogen and oxygen atoms in total. The van der Waals surface area contributed by atoms with Crippen LogP contribution in [0.2, 0.25) is 0 Å². The minimum Gasteiger partial charge on any atom is -0.496 e. The van der Waals surface area contributed by atoms with E-state index in [0.717, 1.165) is 6.42 Å². The molecule has 0 aliphatic heterocycles. The van der Waals surface area contributed by atoms with Gasteiger partial charge in [-0.15, -0.1) is 0 Å². The Morgan fingerprint density at radius 3 is 2.95 bits per heavy atom. The molecule has 2 rings (SSSR count). The average Bonchev–Trinajstić information content (AvgIpc) is 2.85. The van der Waals surface area contributed by atoms with Crippen LogP contribution in [0.1, 0.15) is 29.6 Å². The maximum atomic E-state index is 12.3. The standard InChI is InChI=1S/C14H20N2O2S/c1-18-12-7-6-9(15)8-10(12)14(17)16-11-4-3-5-13(11)19-2/h6-8,11,13H,3-5,15H2,1-2H3,(H,16,17). The Morgan fingerprint density at radius 2 is 2.26 bits per heavy atom. The number of amides is 1. The van der Waals surface area contributed by atoms with E-state index in [4.69, 9.17) is 10.5 Å². The molecule has 1 aliphatic carbocycles. The quantitative estimate of drug-likeness (QED) is 0.831. The van der Waals surface area contributed by atoms with Gasteiger partial charge in [0.1, 0.15) is 5.75 Å². The summed E-state index contributed by atoms with van der Waals surface area (Å²) in [6.07, 6.45) is 5.48. The van der Waals surface area contributed by atoms with Crippen molar-refractivity contribution >= 4 is 23.4 Å². The number of nitrogens with two attached hydrogens (primary N) is 1. The van der Waals surface area contributed by atoms with E-state index in [2.05, 4.69) is 11.6 Å². The van der Waals surface area contributed by atoms with Crippen molar-refractivity contribution in [3.8, 4) is 5.75 Å². The van der Waals surface area contributed by atoms with Gasteiger partial charge in [-0.2, -0.15) is 11.8 Å². The first-order chi connectivity index (χ1) is 9.15. The molecule has 0 heterocycles. The predicted molar refractivity (Wildman–Crippen MR) is 79.8 cm³/mol. The molecule has 1 aliphatic rings. The molecule has 19 heavy (non-hydrogen) atoms. The Hall–Kier alpha value is -1.36. The summed E-state index contributed by atoms with van der Waals surface area (Å²) in [5.41, 5.74) is 6.82. The van der Waals surface area contributed by atoms with Crippen molar-refractivity contribution in [1.82, 2.24) is 5.32 Å². The zero-order valence-corrected chi connectivity index (χ0v) is 12.1. The van der Waals surface area contributed by atoms with Crippen molar-refractivity contribution < 1.29 is 9.53 Å². The Bertz CT molecular complexity index is 465. The number of ether oxygens (including phenoxy) is 1. The molecule has 2 unspecified atom stereocenters. The van der Waals surface area contributed by atoms with Crippen LogP contribution in [0.4, 0.5) is 5.69 Å². The van der Waals surface area contributed by atoms with Crippen LogP contribution >= 0.6 is 11.8 Å². The number of hydrogen-bond donors (Lipinski definition) is 2. The molecule has 0 aromatic heterocycles. The molecule has 0 spiro atoms. The monoisotopic (exact) mass is 280 g/mol. The molecule has 0 saturated heterocycles. The number of hydrogen-bond acceptors (Lipinski definition) is 4. The molecule has 2 atom stereocenters. The Labute approximate surface area is 118 Å². The third-order valence-corrected chi connectivity index (χ3v) is 4.71. The summed E-state index contributed by atoms with van der Waals surface area (Å²) >= 11 is 1.82. The Kier molecular flexibility index (Phi) is 4.58. The summed E-state index contributed by atoms with van der Waals surface area (Å²) in [5, 5.41) is 3.61. The van der Waals surface area contributed by atoms with Crippen molar-refractivity contribution in [2.75, 3.05) is 19.1 Å². The summed E-state index contributed by atoms with van der Waals surface area (Å²) < 4.78 is 5.22. The van der Waals surface area contributed by atoms with Crippen molar-refractivity contribution in [2.24, 2.45) is 0 Å². The van der Waals surface area contributed by atoms with Gasteiger partial charge >= 0.3 is 0 Å². The molecule has 0 bridgehead atoms. The first-order valence-electron chi connectivity index (χ1n) is 6.43. The number of thioether (sulfide) groups is 1. The van der Waals surface area contributed by atoms with E-state index in [1.807, 2.05) is 11.8 Å². The minimum atomic E-state index is -0.102. The number of rotatable bonds is 4. The third-order valence-electron chi connectivity index (χ3n) is 3.54. The van der Waals surface area contributed by atoms with Crippen LogP contribution < -0.4 is 15.8 Å². The van der Waals surface area contributed by atoms with Gasteiger partial charge in [0, 0.05) is 17.0 Å². The van der Waals surface area contributed by atoms with Crippen LogP contribution in [0, 0.1) is 0 Å². The van der Waals surface area contributed by atoms with E-state index in [-0.39, 0.29) is 11.9 Å². The maximum absolute atomic E-state index is 12.3. The van der Waals surface area contributed by atoms with Crippen LogP contribution in [-0.2, 0) is 0 Å². The number of carbonyl (C=O) groups is 1. The van der Waals surface area contributed by atoms with Crippen LogP contribution in [0.5, 0.6) is 5.75 Å². The van der Waals surface area contributed by atoms with Crippen LogP contribution in [-0.4, -0.2) is 30.6 Å². The fraction of sp³-hybridized carbons (Fsp3) is 0.500. The molecule has 5 heteroatoms. The highest BCUT2D eigenvalue weighted by molar-refractivity contribution is 7.99. The molecule has 104 valence electrons. The number of carbonyl (C=O) groups excluding carboxylic acids is 1. The largest absolute Gasteiger partial charge is 0.496 e. The second-order valence-electron chi connectivity index (χ2n) is 4.74. The lowest BCUT2D eigenvalue weighted by Gasteiger charge is -2.20. The lowest BCUT2D eigenvalue weighted by atomic mass is 10.1. The first-order valence-corrected chi connectivity index (χ1v) is 7.71. The van der Waals surface area contributed by atoms with Gasteiger partial charge in [0.25, 0.3) is 5.91 Å². The normalized spacial score (nSPS) is 22.2. The summed E-state index contributed by atoms with van der Waals surface area (Å²) in [5.74, 6) is 0.459. The van der Waals surface area contributed by atoms with Crippen LogP contribution in [0.3, 0.4) is 0 Å². The molecule has 3 N–H and O–H groups in total. The van der Waals surface area contributed by atoms with E-state index in [9.17, 15) is 4.79 Å². The summed E-state index contributed by atoms with van der Waals surface area (Å²) in [7, 11) is 1.56. The van der Waals surface area contributed by atoms with E-state index in [0.29, 0.717) is 22.3 Å². The smallest absolute Gasteiger partial charge is 0.255 e. The van der Waals surface area contributed by atoms with Crippen LogP contribution in [0.25, 0.3) is 0 Å². The number of anilines is 1. The number of nitrogen functional groups attached to an aromatic ring is 1. The van der Waals surface area contributed by atoms with Crippen LogP contribution in [0.15, 0.2) is 18.2 Å². The topological polar surface area (TPSA) is 64.3 Å². The lowest BCUT2D eigenvalue weighted by molar-refractivity contribution is 0.0935. The van der Waals surface area contributed by atoms with E-state index in [1.165, 1.54) is 12.8 Å². The van der Waals surface area contributed by atoms with Crippen molar-refractivity contribution in [2.45, 2.75) is 30.6 Å². The first kappa shape index (κ1) is 14.1. The average molecular weight is 280 g/mol. The van der Waals surface area contributed by atoms with E-state index >= 15 is 0 Å². The van der Waals surface area contributed by atoms with Gasteiger partial charge in [-0.1, -0.05) is 6.42 Å². The zero-order chi connectivity index (χ0) is 13.8. The Balaban J connectivity index is 2.13. The second-order valence-corrected chi connectivity index (χ2v) is 5.82. The molecule has 0 radical (unpaired) electrons. The zero-order valence-electron chi connectivity index (χ0n) is 11.3. The third kappa shape index (κ3) is 3.15. The van der Waals surface area contributed by atoms with E-state index < -0.39 is 0 Å². The molecule has 1 fully saturated rings. The van der Waals surface area contributed by atoms with Gasteiger partial charge in [-0.3, -0.25) is 4.79 Å². The van der Waals surface area contributed by atoms with Gasteiger partial charge in [0.05, 0.1) is 12.7 Å². The predicted octanol–water partition coefficient (Wildman–Crippen LogP) is 2.29. The summed E-state index contributed by atoms with van der Waals surface area (Å²) in [6, 6.07) is 5.37. The highest BCUT2D eigenvalue weighted by Gasteiger charge is 2.28. The molecule has 1 amide bonds. The molecule has 1 saturated carbocycles. The highest BCUT2D eigenvalue weighted by Crippen LogP contribution is 2.29. The minimum absolute atomic E-state index is 0.102. The number of methoxy groups -OCH3 is 1. The Morgan fingerprint density at radius 1 is 1.47 bits per heavy atom. The highest BCUT2D eigenvalue weighted by atomic mass is 32.2. The SMILES string of the molecule is COc1ccc(N)cc1C(=O)NC1CCCC1SC. The van der Waals surface area contributed by atoms with Crippen molar-refractivity contribution in [3.05, 3.63) is 23.8 Å². The van der Waals surface area contributed by atoms with Gasteiger partial charge in [-0.05, 0) is 37.3 Å². The molecular weight excluding hydrogens is 260 g/mol. The molecule has 1 aromatic rings.